The molecule has 0 bridgehead atoms. The van der Waals surface area contributed by atoms with Crippen molar-refractivity contribution < 1.29 is 4.74 Å². The first-order valence-corrected chi connectivity index (χ1v) is 18.0. The van der Waals surface area contributed by atoms with Crippen LogP contribution in [0.1, 0.15) is 0 Å². The zero-order chi connectivity index (χ0) is 35.1. The molecule has 9 aromatic rings. The fraction of sp³-hybridized carbons (Fsp3) is 0. The molecule has 0 radical (unpaired) electrons. The summed E-state index contributed by atoms with van der Waals surface area (Å²) in [5, 5.41) is 4.68. The number of para-hydroxylation sites is 4. The number of rotatable bonds is 7. The highest BCUT2D eigenvalue weighted by Gasteiger charge is 2.25. The van der Waals surface area contributed by atoms with Gasteiger partial charge in [0.1, 0.15) is 11.5 Å². The largest absolute Gasteiger partial charge is 0.456 e. The van der Waals surface area contributed by atoms with E-state index < -0.39 is 0 Å². The lowest BCUT2D eigenvalue weighted by Crippen LogP contribution is -2.11. The highest BCUT2D eigenvalue weighted by Crippen LogP contribution is 2.51. The summed E-state index contributed by atoms with van der Waals surface area (Å²) in [5.41, 5.74) is 11.2. The molecule has 0 amide bonds. The Morgan fingerprint density at radius 2 is 0.906 bits per heavy atom. The van der Waals surface area contributed by atoms with E-state index in [-0.39, 0.29) is 0 Å². The van der Waals surface area contributed by atoms with Crippen LogP contribution in [-0.4, -0.2) is 0 Å². The van der Waals surface area contributed by atoms with Gasteiger partial charge >= 0.3 is 0 Å². The van der Waals surface area contributed by atoms with Crippen molar-refractivity contribution in [1.29, 1.82) is 0 Å². The molecule has 0 saturated heterocycles. The fourth-order valence-corrected chi connectivity index (χ4v) is 7.81. The Hall–Kier alpha value is -7.10. The molecule has 10 rings (SSSR count). The molecule has 0 atom stereocenters. The van der Waals surface area contributed by atoms with E-state index in [9.17, 15) is 0 Å². The van der Waals surface area contributed by atoms with Gasteiger partial charge in [0.25, 0.3) is 0 Å². The summed E-state index contributed by atoms with van der Waals surface area (Å²) in [6.45, 7) is 0. The van der Waals surface area contributed by atoms with Gasteiger partial charge in [0.05, 0.1) is 5.69 Å². The Balaban J connectivity index is 1.13. The van der Waals surface area contributed by atoms with Crippen LogP contribution in [0.3, 0.4) is 0 Å². The molecule has 0 aromatic heterocycles. The molecule has 250 valence electrons. The van der Waals surface area contributed by atoms with Gasteiger partial charge in [0.2, 0.25) is 0 Å². The number of benzene rings is 9. The summed E-state index contributed by atoms with van der Waals surface area (Å²) in [6.07, 6.45) is 0. The number of anilines is 6. The molecule has 0 aliphatic carbocycles. The highest BCUT2D eigenvalue weighted by molar-refractivity contribution is 6.18. The molecule has 1 aliphatic rings. The first-order chi connectivity index (χ1) is 26.3. The quantitative estimate of drug-likeness (QED) is 0.156. The van der Waals surface area contributed by atoms with Crippen molar-refractivity contribution >= 4 is 55.7 Å². The fourth-order valence-electron chi connectivity index (χ4n) is 7.81. The molecule has 0 saturated carbocycles. The highest BCUT2D eigenvalue weighted by atomic mass is 16.5. The first kappa shape index (κ1) is 30.7. The molecule has 0 spiro atoms. The van der Waals surface area contributed by atoms with Gasteiger partial charge in [-0.05, 0) is 106 Å². The Labute approximate surface area is 309 Å². The Morgan fingerprint density at radius 3 is 1.60 bits per heavy atom. The topological polar surface area (TPSA) is 15.7 Å². The standard InChI is InChI=1S/C50H34N2O/c1-5-16-35(17-6-1)42-24-13-14-26-47(42)52(39-22-11-4-12-23-39)40-29-28-36-32-46-43-31-30-41(51(37-18-7-2-8-19-37)38-20-9-3-10-21-38)34-49(43)53-48-27-15-25-44(50(46)48)45(36)33-40/h1-34H. The number of fused-ring (bicyclic) bond motifs is 4. The molecular formula is C50H34N2O. The SMILES string of the molecule is c1ccc(-c2ccccc2N(c2ccccc2)c2ccc3cc4c5c(cccc5c3c2)Oc2cc(N(c3ccccc3)c3ccccc3)ccc2-4)cc1. The zero-order valence-corrected chi connectivity index (χ0v) is 28.9. The lowest BCUT2D eigenvalue weighted by molar-refractivity contribution is 0.487. The van der Waals surface area contributed by atoms with Crippen LogP contribution in [0.4, 0.5) is 34.1 Å². The summed E-state index contributed by atoms with van der Waals surface area (Å²) in [5.74, 6) is 1.72. The van der Waals surface area contributed by atoms with E-state index >= 15 is 0 Å². The smallest absolute Gasteiger partial charge is 0.137 e. The van der Waals surface area contributed by atoms with Gasteiger partial charge < -0.3 is 14.5 Å². The van der Waals surface area contributed by atoms with Crippen LogP contribution >= 0.6 is 0 Å². The maximum atomic E-state index is 6.80. The number of ether oxygens (including phenoxy) is 1. The van der Waals surface area contributed by atoms with E-state index in [1.165, 1.54) is 32.8 Å². The third-order valence-corrected chi connectivity index (χ3v) is 10.2. The van der Waals surface area contributed by atoms with Crippen LogP contribution < -0.4 is 14.5 Å². The molecule has 1 aliphatic heterocycles. The second-order valence-electron chi connectivity index (χ2n) is 13.4. The minimum atomic E-state index is 0.850. The van der Waals surface area contributed by atoms with Gasteiger partial charge in [-0.15, -0.1) is 0 Å². The summed E-state index contributed by atoms with van der Waals surface area (Å²) in [7, 11) is 0. The number of hydrogen-bond acceptors (Lipinski definition) is 3. The van der Waals surface area contributed by atoms with Crippen molar-refractivity contribution in [3.63, 3.8) is 0 Å². The third-order valence-electron chi connectivity index (χ3n) is 10.2. The van der Waals surface area contributed by atoms with Crippen molar-refractivity contribution in [3.05, 3.63) is 206 Å². The van der Waals surface area contributed by atoms with Crippen LogP contribution in [0.25, 0.3) is 43.8 Å². The van der Waals surface area contributed by atoms with Gasteiger partial charge in [-0.25, -0.2) is 0 Å². The van der Waals surface area contributed by atoms with E-state index in [0.29, 0.717) is 0 Å². The monoisotopic (exact) mass is 678 g/mol. The van der Waals surface area contributed by atoms with E-state index in [1.807, 2.05) is 0 Å². The van der Waals surface area contributed by atoms with Crippen molar-refractivity contribution in [3.8, 4) is 33.8 Å². The minimum Gasteiger partial charge on any atom is -0.456 e. The van der Waals surface area contributed by atoms with Crippen LogP contribution in [0.15, 0.2) is 206 Å². The van der Waals surface area contributed by atoms with Crippen LogP contribution in [0.5, 0.6) is 11.5 Å². The summed E-state index contributed by atoms with van der Waals surface area (Å²) in [6, 6.07) is 73.1. The molecule has 1 heterocycles. The minimum absolute atomic E-state index is 0.850. The first-order valence-electron chi connectivity index (χ1n) is 18.0. The normalized spacial score (nSPS) is 11.5. The van der Waals surface area contributed by atoms with Crippen LogP contribution in [-0.2, 0) is 0 Å². The number of hydrogen-bond donors (Lipinski definition) is 0. The molecule has 3 heteroatoms. The summed E-state index contributed by atoms with van der Waals surface area (Å²) < 4.78 is 6.80. The van der Waals surface area contributed by atoms with Crippen molar-refractivity contribution in [1.82, 2.24) is 0 Å². The molecule has 0 fully saturated rings. The zero-order valence-electron chi connectivity index (χ0n) is 28.9. The van der Waals surface area contributed by atoms with Crippen molar-refractivity contribution in [2.24, 2.45) is 0 Å². The summed E-state index contributed by atoms with van der Waals surface area (Å²) >= 11 is 0. The van der Waals surface area contributed by atoms with Gasteiger partial charge in [-0.3, -0.25) is 0 Å². The van der Waals surface area contributed by atoms with E-state index in [0.717, 1.165) is 56.6 Å². The van der Waals surface area contributed by atoms with E-state index in [4.69, 9.17) is 4.74 Å². The molecule has 53 heavy (non-hydrogen) atoms. The van der Waals surface area contributed by atoms with Gasteiger partial charge in [0.15, 0.2) is 0 Å². The molecule has 0 unspecified atom stereocenters. The Morgan fingerprint density at radius 1 is 0.321 bits per heavy atom. The second-order valence-corrected chi connectivity index (χ2v) is 13.4. The second kappa shape index (κ2) is 12.9. The predicted octanol–water partition coefficient (Wildman–Crippen LogP) is 14.4. The van der Waals surface area contributed by atoms with Gasteiger partial charge in [0, 0.05) is 51.0 Å². The van der Waals surface area contributed by atoms with Crippen LogP contribution in [0.2, 0.25) is 0 Å². The molecule has 9 aromatic carbocycles. The van der Waals surface area contributed by atoms with Crippen molar-refractivity contribution in [2.45, 2.75) is 0 Å². The predicted molar refractivity (Wildman–Crippen MR) is 222 cm³/mol. The molecular weight excluding hydrogens is 645 g/mol. The molecule has 3 nitrogen and oxygen atoms in total. The lowest BCUT2D eigenvalue weighted by Gasteiger charge is -2.29. The maximum Gasteiger partial charge on any atom is 0.137 e. The van der Waals surface area contributed by atoms with Crippen molar-refractivity contribution in [2.75, 3.05) is 9.80 Å². The van der Waals surface area contributed by atoms with E-state index in [1.54, 1.807) is 0 Å². The Kier molecular flexibility index (Phi) is 7.47. The molecule has 0 N–H and O–H groups in total. The number of nitrogens with zero attached hydrogens (tertiary/aromatic N) is 2. The lowest BCUT2D eigenvalue weighted by atomic mass is 9.90. The van der Waals surface area contributed by atoms with Gasteiger partial charge in [-0.1, -0.05) is 121 Å². The average molecular weight is 679 g/mol. The third kappa shape index (κ3) is 5.38. The van der Waals surface area contributed by atoms with E-state index in [2.05, 4.69) is 216 Å². The summed E-state index contributed by atoms with van der Waals surface area (Å²) in [4.78, 5) is 4.64. The van der Waals surface area contributed by atoms with Gasteiger partial charge in [-0.2, -0.15) is 0 Å². The van der Waals surface area contributed by atoms with Crippen LogP contribution in [0, 0.1) is 0 Å². The Bertz CT molecular complexity index is 2710. The maximum absolute atomic E-state index is 6.80. The average Bonchev–Trinajstić information content (AvgIpc) is 3.23.